The number of aryl methyl sites for hydroxylation is 1. The molecule has 120 valence electrons. The van der Waals surface area contributed by atoms with Crippen LogP contribution in [0.1, 0.15) is 44.1 Å². The molecular formula is C19H27NO2. The van der Waals surface area contributed by atoms with Crippen molar-refractivity contribution in [2.24, 2.45) is 5.41 Å². The molecule has 1 aliphatic heterocycles. The van der Waals surface area contributed by atoms with Gasteiger partial charge in [0.1, 0.15) is 0 Å². The Morgan fingerprint density at radius 3 is 2.82 bits per heavy atom. The molecule has 3 rings (SSSR count). The lowest BCUT2D eigenvalue weighted by molar-refractivity contribution is -0.137. The summed E-state index contributed by atoms with van der Waals surface area (Å²) < 4.78 is 5.72. The molecule has 1 heterocycles. The molecule has 2 atom stereocenters. The van der Waals surface area contributed by atoms with Gasteiger partial charge in [-0.1, -0.05) is 36.8 Å². The highest BCUT2D eigenvalue weighted by Crippen LogP contribution is 2.46. The fraction of sp³-hybridized carbons (Fsp3) is 0.632. The summed E-state index contributed by atoms with van der Waals surface area (Å²) in [4.78, 5) is 14.7. The number of hydrogen-bond donors (Lipinski definition) is 0. The average molecular weight is 301 g/mol. The number of nitrogens with zero attached hydrogens (tertiary/aromatic N) is 1. The summed E-state index contributed by atoms with van der Waals surface area (Å²) in [7, 11) is 1.83. The van der Waals surface area contributed by atoms with Crippen LogP contribution in [0.25, 0.3) is 0 Å². The highest BCUT2D eigenvalue weighted by atomic mass is 16.5. The van der Waals surface area contributed by atoms with Gasteiger partial charge in [-0.3, -0.25) is 4.79 Å². The summed E-state index contributed by atoms with van der Waals surface area (Å²) in [6.07, 6.45) is 7.76. The number of amides is 1. The van der Waals surface area contributed by atoms with Crippen molar-refractivity contribution in [3.63, 3.8) is 0 Å². The van der Waals surface area contributed by atoms with Crippen LogP contribution in [0.2, 0.25) is 0 Å². The van der Waals surface area contributed by atoms with Gasteiger partial charge in [0.05, 0.1) is 6.10 Å². The van der Waals surface area contributed by atoms with Gasteiger partial charge in [-0.2, -0.15) is 0 Å². The summed E-state index contributed by atoms with van der Waals surface area (Å²) in [5, 5.41) is 0. The molecule has 3 heteroatoms. The maximum absolute atomic E-state index is 12.6. The molecular weight excluding hydrogens is 274 g/mol. The fourth-order valence-electron chi connectivity index (χ4n) is 4.37. The van der Waals surface area contributed by atoms with Gasteiger partial charge in [0.25, 0.3) is 0 Å². The van der Waals surface area contributed by atoms with Crippen LogP contribution in [-0.4, -0.2) is 37.1 Å². The number of hydrogen-bond acceptors (Lipinski definition) is 2. The topological polar surface area (TPSA) is 29.5 Å². The number of carbonyl (C=O) groups is 1. The zero-order chi connectivity index (χ0) is 15.4. The Morgan fingerprint density at radius 2 is 2.05 bits per heavy atom. The van der Waals surface area contributed by atoms with E-state index in [1.54, 1.807) is 0 Å². The minimum Gasteiger partial charge on any atom is -0.381 e. The molecule has 2 fully saturated rings. The van der Waals surface area contributed by atoms with Crippen LogP contribution >= 0.6 is 0 Å². The van der Waals surface area contributed by atoms with Crippen LogP contribution in [0.4, 0.5) is 0 Å². The van der Waals surface area contributed by atoms with Gasteiger partial charge in [-0.05, 0) is 37.7 Å². The number of methoxy groups -OCH3 is 1. The Labute approximate surface area is 133 Å². The maximum Gasteiger partial charge on any atom is 0.222 e. The normalized spacial score (nSPS) is 28.2. The van der Waals surface area contributed by atoms with E-state index in [1.807, 2.05) is 25.3 Å². The number of rotatable bonds is 4. The second kappa shape index (κ2) is 6.82. The van der Waals surface area contributed by atoms with E-state index in [2.05, 4.69) is 17.0 Å². The molecule has 2 aliphatic rings. The van der Waals surface area contributed by atoms with Crippen molar-refractivity contribution in [2.75, 3.05) is 20.2 Å². The third-order valence-electron chi connectivity index (χ3n) is 5.54. The van der Waals surface area contributed by atoms with Crippen LogP contribution in [0.15, 0.2) is 30.3 Å². The summed E-state index contributed by atoms with van der Waals surface area (Å²) in [5.41, 5.74) is 1.48. The van der Waals surface area contributed by atoms with Gasteiger partial charge >= 0.3 is 0 Å². The maximum atomic E-state index is 12.6. The molecule has 1 saturated carbocycles. The number of benzene rings is 1. The molecule has 0 radical (unpaired) electrons. The third-order valence-corrected chi connectivity index (χ3v) is 5.54. The second-order valence-corrected chi connectivity index (χ2v) is 6.88. The van der Waals surface area contributed by atoms with Crippen LogP contribution in [0, 0.1) is 5.41 Å². The van der Waals surface area contributed by atoms with Gasteiger partial charge in [0.15, 0.2) is 0 Å². The van der Waals surface area contributed by atoms with Crippen LogP contribution in [0.3, 0.4) is 0 Å². The van der Waals surface area contributed by atoms with Crippen molar-refractivity contribution in [3.05, 3.63) is 35.9 Å². The highest BCUT2D eigenvalue weighted by molar-refractivity contribution is 5.76. The van der Waals surface area contributed by atoms with E-state index in [0.717, 1.165) is 32.4 Å². The first-order valence-corrected chi connectivity index (χ1v) is 8.58. The minimum absolute atomic E-state index is 0.232. The van der Waals surface area contributed by atoms with Gasteiger partial charge < -0.3 is 9.64 Å². The minimum atomic E-state index is 0.232. The van der Waals surface area contributed by atoms with Crippen LogP contribution in [-0.2, 0) is 16.0 Å². The van der Waals surface area contributed by atoms with Gasteiger partial charge in [0.2, 0.25) is 5.91 Å². The Hall–Kier alpha value is -1.35. The molecule has 3 nitrogen and oxygen atoms in total. The lowest BCUT2D eigenvalue weighted by Crippen LogP contribution is -2.49. The lowest BCUT2D eigenvalue weighted by Gasteiger charge is -2.43. The molecule has 1 aromatic rings. The summed E-state index contributed by atoms with van der Waals surface area (Å²) in [6, 6.07) is 10.3. The van der Waals surface area contributed by atoms with Gasteiger partial charge in [-0.25, -0.2) is 0 Å². The van der Waals surface area contributed by atoms with Crippen LogP contribution in [0.5, 0.6) is 0 Å². The Bertz CT molecular complexity index is 501. The Kier molecular flexibility index (Phi) is 4.82. The molecule has 22 heavy (non-hydrogen) atoms. The molecule has 1 amide bonds. The quantitative estimate of drug-likeness (QED) is 0.853. The molecule has 0 N–H and O–H groups in total. The molecule has 1 spiro atoms. The van der Waals surface area contributed by atoms with E-state index in [1.165, 1.54) is 24.8 Å². The third kappa shape index (κ3) is 3.19. The van der Waals surface area contributed by atoms with Crippen molar-refractivity contribution in [2.45, 2.75) is 51.0 Å². The van der Waals surface area contributed by atoms with Gasteiger partial charge in [-0.15, -0.1) is 0 Å². The summed E-state index contributed by atoms with van der Waals surface area (Å²) in [6.45, 7) is 1.82. The van der Waals surface area contributed by atoms with Crippen molar-refractivity contribution >= 4 is 5.91 Å². The SMILES string of the molecule is CO[C@@H]1CCC[C@@]12CCCN(C(=O)CCc1ccccc1)C2. The summed E-state index contributed by atoms with van der Waals surface area (Å²) in [5.74, 6) is 0.310. The van der Waals surface area contributed by atoms with E-state index >= 15 is 0 Å². The van der Waals surface area contributed by atoms with Crippen LogP contribution < -0.4 is 0 Å². The predicted molar refractivity (Wildman–Crippen MR) is 87.7 cm³/mol. The number of carbonyl (C=O) groups excluding carboxylic acids is 1. The molecule has 0 aromatic heterocycles. The molecule has 1 aliphatic carbocycles. The molecule has 0 unspecified atom stereocenters. The smallest absolute Gasteiger partial charge is 0.222 e. The first-order chi connectivity index (χ1) is 10.7. The second-order valence-electron chi connectivity index (χ2n) is 6.88. The van der Waals surface area contributed by atoms with E-state index in [0.29, 0.717) is 18.4 Å². The summed E-state index contributed by atoms with van der Waals surface area (Å²) >= 11 is 0. The zero-order valence-corrected chi connectivity index (χ0v) is 13.6. The van der Waals surface area contributed by atoms with Gasteiger partial charge in [0, 0.05) is 32.0 Å². The number of piperidine rings is 1. The van der Waals surface area contributed by atoms with Crippen molar-refractivity contribution in [3.8, 4) is 0 Å². The lowest BCUT2D eigenvalue weighted by atomic mass is 9.76. The predicted octanol–water partition coefficient (Wildman–Crippen LogP) is 3.43. The van der Waals surface area contributed by atoms with E-state index in [4.69, 9.17) is 4.74 Å². The highest BCUT2D eigenvalue weighted by Gasteiger charge is 2.46. The first-order valence-electron chi connectivity index (χ1n) is 8.58. The Morgan fingerprint density at radius 1 is 1.27 bits per heavy atom. The largest absolute Gasteiger partial charge is 0.381 e. The Balaban J connectivity index is 1.58. The molecule has 0 bridgehead atoms. The monoisotopic (exact) mass is 301 g/mol. The van der Waals surface area contributed by atoms with E-state index in [9.17, 15) is 4.79 Å². The van der Waals surface area contributed by atoms with Crippen molar-refractivity contribution in [1.82, 2.24) is 4.90 Å². The standard InChI is InChI=1S/C19H27NO2/c1-22-17-9-5-12-19(17)13-6-14-20(15-19)18(21)11-10-16-7-3-2-4-8-16/h2-4,7-8,17H,5-6,9-15H2,1H3/t17-,19+/m1/s1. The molecule has 1 saturated heterocycles. The average Bonchev–Trinajstić information content (AvgIpc) is 2.95. The van der Waals surface area contributed by atoms with Crippen molar-refractivity contribution in [1.29, 1.82) is 0 Å². The molecule has 1 aromatic carbocycles. The fourth-order valence-corrected chi connectivity index (χ4v) is 4.37. The first kappa shape index (κ1) is 15.5. The number of likely N-dealkylation sites (tertiary alicyclic amines) is 1. The van der Waals surface area contributed by atoms with Crippen molar-refractivity contribution < 1.29 is 9.53 Å². The van der Waals surface area contributed by atoms with E-state index < -0.39 is 0 Å². The zero-order valence-electron chi connectivity index (χ0n) is 13.6. The number of ether oxygens (including phenoxy) is 1. The van der Waals surface area contributed by atoms with E-state index in [-0.39, 0.29) is 5.41 Å².